The number of amides is 2. The summed E-state index contributed by atoms with van der Waals surface area (Å²) >= 11 is 0. The number of anilines is 3. The van der Waals surface area contributed by atoms with E-state index in [1.165, 1.54) is 44.5 Å². The predicted molar refractivity (Wildman–Crippen MR) is 250 cm³/mol. The third-order valence-corrected chi connectivity index (χ3v) is 11.1. The Morgan fingerprint density at radius 2 is 1.14 bits per heavy atom. The second-order valence-electron chi connectivity index (χ2n) is 15.8. The van der Waals surface area contributed by atoms with Crippen LogP contribution in [0.15, 0.2) is 139 Å². The topological polar surface area (TPSA) is 64.7 Å². The molecule has 1 unspecified atom stereocenters. The van der Waals surface area contributed by atoms with Gasteiger partial charge in [-0.1, -0.05) is 103 Å². The van der Waals surface area contributed by atoms with Gasteiger partial charge < -0.3 is 20.4 Å². The van der Waals surface area contributed by atoms with Gasteiger partial charge in [0.15, 0.2) is 0 Å². The van der Waals surface area contributed by atoms with Crippen LogP contribution in [-0.2, 0) is 6.42 Å². The van der Waals surface area contributed by atoms with Crippen molar-refractivity contribution in [1.82, 2.24) is 5.32 Å². The molecule has 0 saturated heterocycles. The fourth-order valence-corrected chi connectivity index (χ4v) is 7.93. The molecule has 6 aromatic rings. The minimum Gasteiger partial charge on any atom is -0.378 e. The van der Waals surface area contributed by atoms with Crippen molar-refractivity contribution in [2.24, 2.45) is 0 Å². The van der Waals surface area contributed by atoms with Crippen LogP contribution in [0.4, 0.5) is 17.1 Å². The van der Waals surface area contributed by atoms with E-state index >= 15 is 0 Å². The Bertz CT molecular complexity index is 2590. The van der Waals surface area contributed by atoms with Crippen molar-refractivity contribution in [3.05, 3.63) is 183 Å². The Hall–Kier alpha value is -6.60. The summed E-state index contributed by atoms with van der Waals surface area (Å²) in [6, 6.07) is 42.5. The van der Waals surface area contributed by atoms with E-state index in [1.54, 1.807) is 18.2 Å². The van der Waals surface area contributed by atoms with Gasteiger partial charge >= 0.3 is 0 Å². The number of aryl methyl sites for hydroxylation is 2. The molecular formula is C52H52BN4O2. The summed E-state index contributed by atoms with van der Waals surface area (Å²) in [5.41, 5.74) is 18.5. The number of carbonyl (C=O) groups excluding carboxylic acids is 2. The van der Waals surface area contributed by atoms with Crippen LogP contribution in [0.2, 0.25) is 0 Å². The highest BCUT2D eigenvalue weighted by molar-refractivity contribution is 6.10. The summed E-state index contributed by atoms with van der Waals surface area (Å²) in [7, 11) is 7.76. The quantitative estimate of drug-likeness (QED) is 0.151. The summed E-state index contributed by atoms with van der Waals surface area (Å²) in [6.45, 7) is 8.55. The van der Waals surface area contributed by atoms with E-state index in [2.05, 4.69) is 116 Å². The third kappa shape index (κ3) is 8.95. The number of benzene rings is 6. The van der Waals surface area contributed by atoms with Gasteiger partial charge in [0, 0.05) is 53.5 Å². The van der Waals surface area contributed by atoms with Gasteiger partial charge in [-0.05, 0) is 138 Å². The summed E-state index contributed by atoms with van der Waals surface area (Å²) in [6.07, 6.45) is 5.60. The van der Waals surface area contributed by atoms with E-state index in [4.69, 9.17) is 0 Å². The summed E-state index contributed by atoms with van der Waals surface area (Å²) in [5, 5.41) is 6.23. The first-order chi connectivity index (χ1) is 27.9. The van der Waals surface area contributed by atoms with Crippen molar-refractivity contribution in [3.63, 3.8) is 0 Å². The Labute approximate surface area is 351 Å². The summed E-state index contributed by atoms with van der Waals surface area (Å²) in [5.74, 6) is -0.522. The van der Waals surface area contributed by atoms with Crippen molar-refractivity contribution >= 4 is 49.4 Å². The van der Waals surface area contributed by atoms with Crippen LogP contribution >= 0.6 is 0 Å². The molecule has 0 aliphatic heterocycles. The molecule has 2 N–H and O–H groups in total. The zero-order valence-corrected chi connectivity index (χ0v) is 35.4. The van der Waals surface area contributed by atoms with Gasteiger partial charge in [0.25, 0.3) is 11.8 Å². The standard InChI is InChI=1S/C35H36N4O2.C17H16.B/c1-22-10-7-8-11-27(22)28-12-9-13-29-31(28)20-23(2)33(29)37-35(41)30-19-18-26(39(5)6)21-32(30)36-34(40)24-14-16-25(17-15-24)38(3)4;1-12-10-14-7-5-9-16(17(14)11-12)15-8-4-3-6-13(15)2;/h7-21,33H,1-6H3,(H,36,40)(H,37,41);3-9,11H,10H2,1-2H3;. The number of nitrogens with zero attached hydrogens (tertiary/aromatic N) is 2. The monoisotopic (exact) mass is 775 g/mol. The molecule has 0 saturated carbocycles. The maximum absolute atomic E-state index is 13.8. The van der Waals surface area contributed by atoms with Crippen molar-refractivity contribution in [1.29, 1.82) is 0 Å². The molecule has 0 heterocycles. The lowest BCUT2D eigenvalue weighted by molar-refractivity contribution is 0.0943. The van der Waals surface area contributed by atoms with Gasteiger partial charge in [0.2, 0.25) is 0 Å². The second kappa shape index (κ2) is 17.9. The molecule has 2 amide bonds. The van der Waals surface area contributed by atoms with Gasteiger partial charge in [0.1, 0.15) is 0 Å². The number of rotatable bonds is 8. The molecule has 3 radical (unpaired) electrons. The van der Waals surface area contributed by atoms with Crippen LogP contribution in [0, 0.1) is 13.8 Å². The van der Waals surface area contributed by atoms with E-state index in [0.29, 0.717) is 16.8 Å². The Morgan fingerprint density at radius 1 is 0.576 bits per heavy atom. The zero-order valence-electron chi connectivity index (χ0n) is 35.4. The van der Waals surface area contributed by atoms with Crippen LogP contribution in [0.3, 0.4) is 0 Å². The zero-order chi connectivity index (χ0) is 41.1. The molecule has 6 aromatic carbocycles. The van der Waals surface area contributed by atoms with Crippen LogP contribution in [-0.4, -0.2) is 48.4 Å². The van der Waals surface area contributed by atoms with Crippen molar-refractivity contribution < 1.29 is 9.59 Å². The lowest BCUT2D eigenvalue weighted by Gasteiger charge is -2.21. The highest BCUT2D eigenvalue weighted by Gasteiger charge is 2.28. The minimum absolute atomic E-state index is 0. The van der Waals surface area contributed by atoms with E-state index in [9.17, 15) is 9.59 Å². The predicted octanol–water partition coefficient (Wildman–Crippen LogP) is 11.2. The van der Waals surface area contributed by atoms with Gasteiger partial charge in [-0.25, -0.2) is 0 Å². The van der Waals surface area contributed by atoms with Gasteiger partial charge in [0.05, 0.1) is 17.3 Å². The number of fused-ring (bicyclic) bond motifs is 2. The third-order valence-electron chi connectivity index (χ3n) is 11.1. The Balaban J connectivity index is 0.000000270. The molecule has 6 nitrogen and oxygen atoms in total. The largest absolute Gasteiger partial charge is 0.378 e. The highest BCUT2D eigenvalue weighted by atomic mass is 16.2. The molecule has 0 bridgehead atoms. The maximum atomic E-state index is 13.8. The molecule has 2 aliphatic rings. The highest BCUT2D eigenvalue weighted by Crippen LogP contribution is 2.41. The van der Waals surface area contributed by atoms with Crippen LogP contribution in [0.1, 0.15) is 74.0 Å². The number of carbonyl (C=O) groups is 2. The fourth-order valence-electron chi connectivity index (χ4n) is 7.93. The lowest BCUT2D eigenvalue weighted by atomic mass is 9.93. The molecule has 2 aliphatic carbocycles. The van der Waals surface area contributed by atoms with Gasteiger partial charge in [-0.2, -0.15) is 0 Å². The second-order valence-corrected chi connectivity index (χ2v) is 15.8. The molecule has 0 fully saturated rings. The molecule has 8 rings (SSSR count). The van der Waals surface area contributed by atoms with Crippen LogP contribution in [0.5, 0.6) is 0 Å². The molecular weight excluding hydrogens is 723 g/mol. The molecule has 0 aromatic heterocycles. The Morgan fingerprint density at radius 3 is 1.75 bits per heavy atom. The average Bonchev–Trinajstić information content (AvgIpc) is 3.76. The number of hydrogen-bond acceptors (Lipinski definition) is 4. The van der Waals surface area contributed by atoms with Gasteiger partial charge in [-0.3, -0.25) is 9.59 Å². The van der Waals surface area contributed by atoms with Crippen LogP contribution in [0.25, 0.3) is 34.4 Å². The SMILES string of the molecule is CC1=Cc2c(-c3ccccc3C)cccc2C1NC(=O)c1ccc(N(C)C)cc1NC(=O)c1ccc(N(C)C)cc1.CC1=Cc2c(cccc2-c2ccccc2C)C1.[B]. The first kappa shape index (κ1) is 42.0. The number of nitrogens with one attached hydrogen (secondary N) is 2. The number of hydrogen-bond donors (Lipinski definition) is 2. The van der Waals surface area contributed by atoms with E-state index in [1.807, 2.05) is 81.3 Å². The van der Waals surface area contributed by atoms with Crippen molar-refractivity contribution in [2.75, 3.05) is 43.3 Å². The molecule has 1 atom stereocenters. The molecule has 7 heteroatoms. The van der Waals surface area contributed by atoms with Crippen LogP contribution < -0.4 is 20.4 Å². The summed E-state index contributed by atoms with van der Waals surface area (Å²) < 4.78 is 0. The lowest BCUT2D eigenvalue weighted by Crippen LogP contribution is -2.29. The normalized spacial score (nSPS) is 13.4. The van der Waals surface area contributed by atoms with E-state index in [0.717, 1.165) is 40.1 Å². The van der Waals surface area contributed by atoms with Gasteiger partial charge in [-0.15, -0.1) is 0 Å². The maximum Gasteiger partial charge on any atom is 0.255 e. The van der Waals surface area contributed by atoms with E-state index in [-0.39, 0.29) is 26.3 Å². The minimum atomic E-state index is -0.273. The molecule has 295 valence electrons. The first-order valence-electron chi connectivity index (χ1n) is 19.8. The fraction of sp³-hybridized carbons (Fsp3) is 0.192. The van der Waals surface area contributed by atoms with Crippen molar-refractivity contribution in [3.8, 4) is 22.3 Å². The van der Waals surface area contributed by atoms with E-state index < -0.39 is 0 Å². The molecule has 59 heavy (non-hydrogen) atoms. The van der Waals surface area contributed by atoms with Crippen molar-refractivity contribution in [2.45, 2.75) is 40.2 Å². The smallest absolute Gasteiger partial charge is 0.255 e. The molecule has 0 spiro atoms. The average molecular weight is 776 g/mol. The first-order valence-corrected chi connectivity index (χ1v) is 19.8. The Kier molecular flexibility index (Phi) is 12.8. The summed E-state index contributed by atoms with van der Waals surface area (Å²) in [4.78, 5) is 30.9. The number of allylic oxidation sites excluding steroid dienone is 1.